The van der Waals surface area contributed by atoms with Crippen LogP contribution in [0.2, 0.25) is 0 Å². The summed E-state index contributed by atoms with van der Waals surface area (Å²) in [5.74, 6) is 1.67. The molecule has 0 aliphatic carbocycles. The van der Waals surface area contributed by atoms with E-state index in [0.717, 1.165) is 28.7 Å². The zero-order chi connectivity index (χ0) is 17.9. The number of aromatic nitrogens is 2. The van der Waals surface area contributed by atoms with Gasteiger partial charge in [-0.15, -0.1) is 0 Å². The van der Waals surface area contributed by atoms with Crippen LogP contribution in [0.25, 0.3) is 11.3 Å². The van der Waals surface area contributed by atoms with E-state index in [1.165, 1.54) is 0 Å². The van der Waals surface area contributed by atoms with Crippen molar-refractivity contribution in [1.29, 1.82) is 0 Å². The Morgan fingerprint density at radius 2 is 1.85 bits per heavy atom. The lowest BCUT2D eigenvalue weighted by molar-refractivity contribution is 0.262. The van der Waals surface area contributed by atoms with Gasteiger partial charge in [-0.1, -0.05) is 42.1 Å². The van der Waals surface area contributed by atoms with E-state index < -0.39 is 0 Å². The van der Waals surface area contributed by atoms with Gasteiger partial charge in [0.25, 0.3) is 0 Å². The van der Waals surface area contributed by atoms with E-state index in [4.69, 9.17) is 4.74 Å². The van der Waals surface area contributed by atoms with Gasteiger partial charge in [-0.3, -0.25) is 0 Å². The molecule has 1 aromatic heterocycles. The van der Waals surface area contributed by atoms with Gasteiger partial charge in [-0.25, -0.2) is 9.78 Å². The number of thioether (sulfide) groups is 1. The fourth-order valence-corrected chi connectivity index (χ4v) is 3.82. The number of hydrogen-bond donors (Lipinski definition) is 2. The molecule has 0 bridgehead atoms. The van der Waals surface area contributed by atoms with Crippen molar-refractivity contribution in [2.24, 2.45) is 0 Å². The molecule has 0 radical (unpaired) electrons. The summed E-state index contributed by atoms with van der Waals surface area (Å²) >= 11 is 1.75. The van der Waals surface area contributed by atoms with Crippen molar-refractivity contribution in [3.05, 3.63) is 54.7 Å². The van der Waals surface area contributed by atoms with Crippen molar-refractivity contribution in [2.45, 2.75) is 11.7 Å². The molecule has 0 fully saturated rings. The lowest BCUT2D eigenvalue weighted by Gasteiger charge is -2.12. The van der Waals surface area contributed by atoms with Crippen LogP contribution in [0, 0.1) is 0 Å². The van der Waals surface area contributed by atoms with Crippen molar-refractivity contribution in [2.75, 3.05) is 23.5 Å². The number of carbonyl (C=O) groups is 1. The number of aryl methyl sites for hydroxylation is 1. The number of amides is 2. The van der Waals surface area contributed by atoms with E-state index in [1.807, 2.05) is 42.6 Å². The molecule has 0 atom stereocenters. The summed E-state index contributed by atoms with van der Waals surface area (Å²) in [6.07, 6.45) is 2.04. The van der Waals surface area contributed by atoms with E-state index in [2.05, 4.69) is 20.2 Å². The summed E-state index contributed by atoms with van der Waals surface area (Å²) in [6, 6.07) is 14.6. The lowest BCUT2D eigenvalue weighted by atomic mass is 10.1. The van der Waals surface area contributed by atoms with Crippen LogP contribution in [0.15, 0.2) is 59.9 Å². The Labute approximate surface area is 155 Å². The number of anilines is 2. The van der Waals surface area contributed by atoms with Gasteiger partial charge in [0.2, 0.25) is 0 Å². The molecular weight excluding hydrogens is 348 g/mol. The van der Waals surface area contributed by atoms with Gasteiger partial charge in [0.15, 0.2) is 5.16 Å². The summed E-state index contributed by atoms with van der Waals surface area (Å²) < 4.78 is 7.41. The SMILES string of the molecule is COc1ccccc1NC(=O)Nc1ccccc1-c1cn2c(n1)SCC2. The van der Waals surface area contributed by atoms with Gasteiger partial charge in [-0.05, 0) is 18.2 Å². The Morgan fingerprint density at radius 3 is 2.65 bits per heavy atom. The number of benzene rings is 2. The lowest BCUT2D eigenvalue weighted by Crippen LogP contribution is -2.20. The van der Waals surface area contributed by atoms with Crippen molar-refractivity contribution in [3.63, 3.8) is 0 Å². The molecule has 6 nitrogen and oxygen atoms in total. The molecule has 0 saturated heterocycles. The number of hydrogen-bond acceptors (Lipinski definition) is 4. The molecule has 0 spiro atoms. The van der Waals surface area contributed by atoms with Crippen LogP contribution in [-0.4, -0.2) is 28.4 Å². The van der Waals surface area contributed by atoms with Crippen LogP contribution in [-0.2, 0) is 6.54 Å². The highest BCUT2D eigenvalue weighted by Crippen LogP contribution is 2.32. The van der Waals surface area contributed by atoms with Gasteiger partial charge >= 0.3 is 6.03 Å². The summed E-state index contributed by atoms with van der Waals surface area (Å²) in [5, 5.41) is 6.76. The Balaban J connectivity index is 1.56. The molecule has 0 saturated carbocycles. The number of ether oxygens (including phenoxy) is 1. The highest BCUT2D eigenvalue weighted by molar-refractivity contribution is 7.99. The Kier molecular flexibility index (Phi) is 4.53. The van der Waals surface area contributed by atoms with Crippen LogP contribution in [0.3, 0.4) is 0 Å². The number of urea groups is 1. The molecule has 26 heavy (non-hydrogen) atoms. The number of nitrogens with zero attached hydrogens (tertiary/aromatic N) is 2. The molecule has 2 aromatic carbocycles. The first kappa shape index (κ1) is 16.5. The van der Waals surface area contributed by atoms with Crippen LogP contribution in [0.1, 0.15) is 0 Å². The Hall–Kier alpha value is -2.93. The van der Waals surface area contributed by atoms with Crippen LogP contribution in [0.5, 0.6) is 5.75 Å². The number of rotatable bonds is 4. The average Bonchev–Trinajstić information content (AvgIpc) is 3.24. The van der Waals surface area contributed by atoms with E-state index in [0.29, 0.717) is 17.1 Å². The molecule has 2 amide bonds. The van der Waals surface area contributed by atoms with Gasteiger partial charge in [-0.2, -0.15) is 0 Å². The van der Waals surface area contributed by atoms with Crippen molar-refractivity contribution in [3.8, 4) is 17.0 Å². The summed E-state index contributed by atoms with van der Waals surface area (Å²) in [6.45, 7) is 0.969. The minimum atomic E-state index is -0.330. The fraction of sp³-hybridized carbons (Fsp3) is 0.158. The summed E-state index contributed by atoms with van der Waals surface area (Å²) in [5.41, 5.74) is 3.08. The average molecular weight is 366 g/mol. The predicted molar refractivity (Wildman–Crippen MR) is 104 cm³/mol. The molecule has 3 aromatic rings. The van der Waals surface area contributed by atoms with Crippen molar-refractivity contribution < 1.29 is 9.53 Å². The van der Waals surface area contributed by atoms with E-state index >= 15 is 0 Å². The van der Waals surface area contributed by atoms with Gasteiger partial charge in [0.1, 0.15) is 5.75 Å². The minimum absolute atomic E-state index is 0.330. The molecule has 1 aliphatic heterocycles. The smallest absolute Gasteiger partial charge is 0.323 e. The molecule has 1 aliphatic rings. The minimum Gasteiger partial charge on any atom is -0.495 e. The largest absolute Gasteiger partial charge is 0.495 e. The highest BCUT2D eigenvalue weighted by Gasteiger charge is 2.17. The van der Waals surface area contributed by atoms with Crippen LogP contribution >= 0.6 is 11.8 Å². The Morgan fingerprint density at radius 1 is 1.12 bits per heavy atom. The van der Waals surface area contributed by atoms with Crippen LogP contribution < -0.4 is 15.4 Å². The first-order chi connectivity index (χ1) is 12.7. The number of nitrogens with one attached hydrogen (secondary N) is 2. The summed E-state index contributed by atoms with van der Waals surface area (Å²) in [7, 11) is 1.57. The normalized spacial score (nSPS) is 12.5. The first-order valence-corrected chi connectivity index (χ1v) is 9.23. The fourth-order valence-electron chi connectivity index (χ4n) is 2.88. The molecule has 132 valence electrons. The Bertz CT molecular complexity index is 933. The maximum atomic E-state index is 12.5. The van der Waals surface area contributed by atoms with Gasteiger partial charge < -0.3 is 19.9 Å². The monoisotopic (exact) mass is 366 g/mol. The molecule has 2 heterocycles. The van der Waals surface area contributed by atoms with Crippen molar-refractivity contribution >= 4 is 29.2 Å². The van der Waals surface area contributed by atoms with E-state index in [9.17, 15) is 4.79 Å². The second kappa shape index (κ2) is 7.13. The third kappa shape index (κ3) is 3.25. The zero-order valence-corrected chi connectivity index (χ0v) is 15.0. The molecule has 7 heteroatoms. The number of methoxy groups -OCH3 is 1. The first-order valence-electron chi connectivity index (χ1n) is 8.25. The molecule has 0 unspecified atom stereocenters. The summed E-state index contributed by atoms with van der Waals surface area (Å²) in [4.78, 5) is 17.1. The second-order valence-electron chi connectivity index (χ2n) is 5.78. The quantitative estimate of drug-likeness (QED) is 0.722. The number of para-hydroxylation sites is 3. The molecule has 4 rings (SSSR count). The molecular formula is C19H18N4O2S. The third-order valence-corrected chi connectivity index (χ3v) is 5.08. The zero-order valence-electron chi connectivity index (χ0n) is 14.2. The number of imidazole rings is 1. The second-order valence-corrected chi connectivity index (χ2v) is 6.84. The van der Waals surface area contributed by atoms with Crippen LogP contribution in [0.4, 0.5) is 16.2 Å². The maximum absolute atomic E-state index is 12.5. The van der Waals surface area contributed by atoms with E-state index in [1.54, 1.807) is 31.0 Å². The highest BCUT2D eigenvalue weighted by atomic mass is 32.2. The topological polar surface area (TPSA) is 68.2 Å². The number of fused-ring (bicyclic) bond motifs is 1. The van der Waals surface area contributed by atoms with Crippen molar-refractivity contribution in [1.82, 2.24) is 9.55 Å². The van der Waals surface area contributed by atoms with E-state index in [-0.39, 0.29) is 6.03 Å². The number of carbonyl (C=O) groups excluding carboxylic acids is 1. The molecule has 2 N–H and O–H groups in total. The maximum Gasteiger partial charge on any atom is 0.323 e. The van der Waals surface area contributed by atoms with Gasteiger partial charge in [0, 0.05) is 24.1 Å². The van der Waals surface area contributed by atoms with Gasteiger partial charge in [0.05, 0.1) is 24.2 Å². The standard InChI is InChI=1S/C19H18N4O2S/c1-25-17-9-5-4-8-15(17)21-18(24)20-14-7-3-2-6-13(14)16-12-23-10-11-26-19(23)22-16/h2-9,12H,10-11H2,1H3,(H2,20,21,24). The predicted octanol–water partition coefficient (Wildman–Crippen LogP) is 4.31. The third-order valence-electron chi connectivity index (χ3n) is 4.11.